The number of thiophene rings is 1. The summed E-state index contributed by atoms with van der Waals surface area (Å²) in [5.74, 6) is 0.0462. The van der Waals surface area contributed by atoms with Crippen molar-refractivity contribution < 1.29 is 14.6 Å². The average molecular weight is 346 g/mol. The molecule has 1 aromatic heterocycles. The van der Waals surface area contributed by atoms with Crippen molar-refractivity contribution in [1.82, 2.24) is 5.32 Å². The van der Waals surface area contributed by atoms with Gasteiger partial charge in [0.05, 0.1) is 11.1 Å². The number of nitrogens with one attached hydrogen (secondary N) is 1. The van der Waals surface area contributed by atoms with E-state index >= 15 is 0 Å². The van der Waals surface area contributed by atoms with E-state index in [9.17, 15) is 9.90 Å². The Hall–Kier alpha value is -1.27. The molecule has 2 N–H and O–H groups in total. The van der Waals surface area contributed by atoms with Gasteiger partial charge in [-0.15, -0.1) is 0 Å². The first kappa shape index (κ1) is 16.1. The lowest BCUT2D eigenvalue weighted by Gasteiger charge is -2.12. The highest BCUT2D eigenvalue weighted by atomic mass is 35.5. The summed E-state index contributed by atoms with van der Waals surface area (Å²) in [6.07, 6.45) is -0.723. The van der Waals surface area contributed by atoms with Gasteiger partial charge in [-0.25, -0.2) is 0 Å². The zero-order valence-electron chi connectivity index (χ0n) is 10.9. The third kappa shape index (κ3) is 4.89. The van der Waals surface area contributed by atoms with Crippen LogP contribution in [0.4, 0.5) is 0 Å². The van der Waals surface area contributed by atoms with E-state index in [0.717, 1.165) is 5.56 Å². The van der Waals surface area contributed by atoms with Gasteiger partial charge in [-0.1, -0.05) is 23.2 Å². The summed E-state index contributed by atoms with van der Waals surface area (Å²) in [5.41, 5.74) is 0.780. The number of rotatable bonds is 6. The molecule has 1 atom stereocenters. The van der Waals surface area contributed by atoms with Crippen LogP contribution in [0.1, 0.15) is 11.7 Å². The van der Waals surface area contributed by atoms with Crippen LogP contribution in [0.2, 0.25) is 10.0 Å². The van der Waals surface area contributed by atoms with Crippen LogP contribution in [0.15, 0.2) is 35.0 Å². The lowest BCUT2D eigenvalue weighted by Crippen LogP contribution is -2.32. The molecular formula is C14H13Cl2NO3S. The smallest absolute Gasteiger partial charge is 0.258 e. The first-order valence-electron chi connectivity index (χ1n) is 6.11. The highest BCUT2D eigenvalue weighted by Crippen LogP contribution is 2.27. The lowest BCUT2D eigenvalue weighted by atomic mass is 10.2. The van der Waals surface area contributed by atoms with E-state index in [1.807, 2.05) is 16.8 Å². The predicted molar refractivity (Wildman–Crippen MR) is 84.2 cm³/mol. The number of hydrogen-bond acceptors (Lipinski definition) is 4. The Balaban J connectivity index is 1.77. The number of hydrogen-bond donors (Lipinski definition) is 2. The maximum absolute atomic E-state index is 11.7. The van der Waals surface area contributed by atoms with Crippen LogP contribution in [-0.2, 0) is 4.79 Å². The van der Waals surface area contributed by atoms with Crippen LogP contribution >= 0.6 is 34.5 Å². The fraction of sp³-hybridized carbons (Fsp3) is 0.214. The molecule has 112 valence electrons. The van der Waals surface area contributed by atoms with Crippen LogP contribution in [0.3, 0.4) is 0 Å². The largest absolute Gasteiger partial charge is 0.482 e. The average Bonchev–Trinajstić information content (AvgIpc) is 2.98. The minimum atomic E-state index is -0.723. The Morgan fingerprint density at radius 2 is 2.19 bits per heavy atom. The standard InChI is InChI=1S/C14H13Cl2NO3S/c15-10-1-2-13(11(16)5-10)20-7-14(19)17-6-12(18)9-3-4-21-8-9/h1-5,8,12,18H,6-7H2,(H,17,19)/t12-/m0/s1. The second-order valence-electron chi connectivity index (χ2n) is 4.24. The number of aliphatic hydroxyl groups excluding tert-OH is 1. The SMILES string of the molecule is O=C(COc1ccc(Cl)cc1Cl)NC[C@H](O)c1ccsc1. The number of amides is 1. The predicted octanol–water partition coefficient (Wildman–Crippen LogP) is 3.28. The summed E-state index contributed by atoms with van der Waals surface area (Å²) >= 11 is 13.2. The van der Waals surface area contributed by atoms with Crippen LogP contribution < -0.4 is 10.1 Å². The summed E-state index contributed by atoms with van der Waals surface area (Å²) in [6.45, 7) is -0.0506. The van der Waals surface area contributed by atoms with E-state index in [2.05, 4.69) is 5.32 Å². The highest BCUT2D eigenvalue weighted by molar-refractivity contribution is 7.07. The fourth-order valence-electron chi connectivity index (χ4n) is 1.58. The van der Waals surface area contributed by atoms with Gasteiger partial charge in [0.1, 0.15) is 5.75 Å². The molecule has 21 heavy (non-hydrogen) atoms. The number of ether oxygens (including phenoxy) is 1. The molecule has 0 radical (unpaired) electrons. The third-order valence-corrected chi connectivity index (χ3v) is 3.91. The van der Waals surface area contributed by atoms with Gasteiger partial charge in [0.2, 0.25) is 0 Å². The third-order valence-electron chi connectivity index (χ3n) is 2.67. The van der Waals surface area contributed by atoms with Gasteiger partial charge in [-0.2, -0.15) is 11.3 Å². The van der Waals surface area contributed by atoms with Gasteiger partial charge < -0.3 is 15.2 Å². The second-order valence-corrected chi connectivity index (χ2v) is 5.86. The summed E-state index contributed by atoms with van der Waals surface area (Å²) in [4.78, 5) is 11.7. The molecule has 2 rings (SSSR count). The molecule has 1 heterocycles. The number of halogens is 2. The van der Waals surface area contributed by atoms with Crippen molar-refractivity contribution in [2.75, 3.05) is 13.2 Å². The highest BCUT2D eigenvalue weighted by Gasteiger charge is 2.11. The van der Waals surface area contributed by atoms with Gasteiger partial charge >= 0.3 is 0 Å². The molecule has 1 amide bonds. The number of carbonyl (C=O) groups is 1. The van der Waals surface area contributed by atoms with E-state index in [-0.39, 0.29) is 19.1 Å². The monoisotopic (exact) mass is 345 g/mol. The van der Waals surface area contributed by atoms with Crippen LogP contribution in [0.25, 0.3) is 0 Å². The minimum absolute atomic E-state index is 0.132. The van der Waals surface area contributed by atoms with E-state index < -0.39 is 6.10 Å². The molecule has 2 aromatic rings. The van der Waals surface area contributed by atoms with Crippen molar-refractivity contribution in [2.45, 2.75) is 6.10 Å². The first-order chi connectivity index (χ1) is 10.1. The molecule has 0 saturated heterocycles. The van der Waals surface area contributed by atoms with Crippen molar-refractivity contribution in [3.63, 3.8) is 0 Å². The molecule has 0 aliphatic heterocycles. The van der Waals surface area contributed by atoms with Crippen molar-refractivity contribution in [3.8, 4) is 5.75 Å². The Bertz CT molecular complexity index is 604. The molecule has 7 heteroatoms. The van der Waals surface area contributed by atoms with E-state index in [0.29, 0.717) is 15.8 Å². The van der Waals surface area contributed by atoms with Gasteiger partial charge in [0.15, 0.2) is 6.61 Å². The zero-order valence-corrected chi connectivity index (χ0v) is 13.2. The molecule has 1 aromatic carbocycles. The molecule has 0 saturated carbocycles. The lowest BCUT2D eigenvalue weighted by molar-refractivity contribution is -0.123. The van der Waals surface area contributed by atoms with Crippen molar-refractivity contribution in [1.29, 1.82) is 0 Å². The normalized spacial score (nSPS) is 12.0. The van der Waals surface area contributed by atoms with E-state index in [4.69, 9.17) is 27.9 Å². The summed E-state index contributed by atoms with van der Waals surface area (Å²) in [7, 11) is 0. The molecule has 0 fully saturated rings. The van der Waals surface area contributed by atoms with Gasteiger partial charge in [-0.05, 0) is 40.6 Å². The fourth-order valence-corrected chi connectivity index (χ4v) is 2.75. The Labute approximate surface area is 136 Å². The molecule has 4 nitrogen and oxygen atoms in total. The Morgan fingerprint density at radius 1 is 1.38 bits per heavy atom. The number of benzene rings is 1. The molecule has 0 spiro atoms. The van der Waals surface area contributed by atoms with Crippen molar-refractivity contribution in [3.05, 3.63) is 50.6 Å². The van der Waals surface area contributed by atoms with Crippen molar-refractivity contribution in [2.24, 2.45) is 0 Å². The Kier molecular flexibility index (Phi) is 5.87. The van der Waals surface area contributed by atoms with Crippen molar-refractivity contribution >= 4 is 40.4 Å². The number of aliphatic hydroxyl groups is 1. The van der Waals surface area contributed by atoms with E-state index in [1.165, 1.54) is 17.4 Å². The minimum Gasteiger partial charge on any atom is -0.482 e. The summed E-state index contributed by atoms with van der Waals surface area (Å²) in [5, 5.41) is 17.0. The molecule has 0 unspecified atom stereocenters. The first-order valence-corrected chi connectivity index (χ1v) is 7.81. The Morgan fingerprint density at radius 3 is 2.86 bits per heavy atom. The van der Waals surface area contributed by atoms with Crippen LogP contribution in [0.5, 0.6) is 5.75 Å². The summed E-state index contributed by atoms with van der Waals surface area (Å²) in [6, 6.07) is 6.57. The van der Waals surface area contributed by atoms with E-state index in [1.54, 1.807) is 12.1 Å². The van der Waals surface area contributed by atoms with Gasteiger partial charge in [0.25, 0.3) is 5.91 Å². The molecule has 0 aliphatic rings. The topological polar surface area (TPSA) is 58.6 Å². The quantitative estimate of drug-likeness (QED) is 0.844. The van der Waals surface area contributed by atoms with Crippen LogP contribution in [0, 0.1) is 0 Å². The number of carbonyl (C=O) groups excluding carboxylic acids is 1. The molecular weight excluding hydrogens is 333 g/mol. The van der Waals surface area contributed by atoms with Gasteiger partial charge in [0, 0.05) is 11.6 Å². The van der Waals surface area contributed by atoms with Crippen LogP contribution in [-0.4, -0.2) is 24.2 Å². The maximum Gasteiger partial charge on any atom is 0.258 e. The molecule has 0 aliphatic carbocycles. The zero-order chi connectivity index (χ0) is 15.2. The summed E-state index contributed by atoms with van der Waals surface area (Å²) < 4.78 is 5.29. The second kappa shape index (κ2) is 7.66. The van der Waals surface area contributed by atoms with Gasteiger partial charge in [-0.3, -0.25) is 4.79 Å². The maximum atomic E-state index is 11.7. The molecule has 0 bridgehead atoms.